The van der Waals surface area contributed by atoms with Crippen molar-refractivity contribution in [2.24, 2.45) is 5.73 Å². The van der Waals surface area contributed by atoms with Crippen LogP contribution in [0, 0.1) is 0 Å². The molecule has 0 radical (unpaired) electrons. The van der Waals surface area contributed by atoms with Crippen LogP contribution in [0.3, 0.4) is 0 Å². The van der Waals surface area contributed by atoms with Crippen LogP contribution in [0.15, 0.2) is 18.2 Å². The van der Waals surface area contributed by atoms with E-state index in [1.54, 1.807) is 17.0 Å². The van der Waals surface area contributed by atoms with Crippen LogP contribution >= 0.6 is 0 Å². The molecule has 6 nitrogen and oxygen atoms in total. The lowest BCUT2D eigenvalue weighted by molar-refractivity contribution is -0.126. The van der Waals surface area contributed by atoms with E-state index < -0.39 is 5.91 Å². The number of hydrogen-bond acceptors (Lipinski definition) is 4. The van der Waals surface area contributed by atoms with Gasteiger partial charge in [0.25, 0.3) is 5.91 Å². The van der Waals surface area contributed by atoms with E-state index in [9.17, 15) is 9.59 Å². The molecule has 0 atom stereocenters. The number of hydrogen-bond donors (Lipinski definition) is 2. The molecule has 90 valence electrons. The minimum atomic E-state index is -0.587. The van der Waals surface area contributed by atoms with Gasteiger partial charge in [-0.25, -0.2) is 0 Å². The molecular weight excluding hydrogens is 222 g/mol. The number of primary amides is 1. The first-order valence-electron chi connectivity index (χ1n) is 5.15. The average molecular weight is 235 g/mol. The molecule has 1 fully saturated rings. The van der Waals surface area contributed by atoms with Gasteiger partial charge in [0.15, 0.2) is 0 Å². The van der Waals surface area contributed by atoms with Crippen molar-refractivity contribution >= 4 is 18.0 Å². The number of carbonyl (C=O) groups is 2. The lowest BCUT2D eigenvalue weighted by Crippen LogP contribution is -2.52. The standard InChI is InChI=1S/C11H13N3O3/c12-10-2-1-7(3-9(10)11(13)16)17-8-4-14(5-8)6-15/h1-3,6,8H,4-5,12H2,(H2,13,16). The van der Waals surface area contributed by atoms with Crippen molar-refractivity contribution < 1.29 is 14.3 Å². The molecule has 1 heterocycles. The zero-order chi connectivity index (χ0) is 12.4. The third-order valence-corrected chi connectivity index (χ3v) is 2.62. The highest BCUT2D eigenvalue weighted by Gasteiger charge is 2.27. The number of amides is 2. The smallest absolute Gasteiger partial charge is 0.250 e. The minimum Gasteiger partial charge on any atom is -0.487 e. The van der Waals surface area contributed by atoms with Crippen LogP contribution in [0.25, 0.3) is 0 Å². The normalized spacial score (nSPS) is 15.2. The third-order valence-electron chi connectivity index (χ3n) is 2.62. The van der Waals surface area contributed by atoms with Gasteiger partial charge in [-0.05, 0) is 18.2 Å². The molecule has 17 heavy (non-hydrogen) atoms. The fourth-order valence-electron chi connectivity index (χ4n) is 1.64. The number of anilines is 1. The maximum Gasteiger partial charge on any atom is 0.250 e. The predicted octanol–water partition coefficient (Wildman–Crippen LogP) is -0.413. The summed E-state index contributed by atoms with van der Waals surface area (Å²) in [6, 6.07) is 4.76. The van der Waals surface area contributed by atoms with Gasteiger partial charge in [-0.2, -0.15) is 0 Å². The Morgan fingerprint density at radius 1 is 1.47 bits per heavy atom. The molecule has 0 bridgehead atoms. The van der Waals surface area contributed by atoms with E-state index in [2.05, 4.69) is 0 Å². The Morgan fingerprint density at radius 3 is 2.76 bits per heavy atom. The minimum absolute atomic E-state index is 0.0375. The highest BCUT2D eigenvalue weighted by molar-refractivity contribution is 5.98. The molecule has 1 aliphatic rings. The SMILES string of the molecule is NC(=O)c1cc(OC2CN(C=O)C2)ccc1N. The Morgan fingerprint density at radius 2 is 2.18 bits per heavy atom. The van der Waals surface area contributed by atoms with Gasteiger partial charge in [0.2, 0.25) is 6.41 Å². The molecule has 4 N–H and O–H groups in total. The zero-order valence-corrected chi connectivity index (χ0v) is 9.13. The molecule has 1 saturated heterocycles. The van der Waals surface area contributed by atoms with E-state index in [1.807, 2.05) is 0 Å². The largest absolute Gasteiger partial charge is 0.487 e. The summed E-state index contributed by atoms with van der Waals surface area (Å²) in [6.07, 6.45) is 0.738. The van der Waals surface area contributed by atoms with Crippen molar-refractivity contribution in [1.82, 2.24) is 4.90 Å². The van der Waals surface area contributed by atoms with Crippen LogP contribution in [0.1, 0.15) is 10.4 Å². The van der Waals surface area contributed by atoms with Crippen molar-refractivity contribution in [3.63, 3.8) is 0 Å². The van der Waals surface area contributed by atoms with Crippen molar-refractivity contribution in [3.8, 4) is 5.75 Å². The van der Waals surface area contributed by atoms with Crippen molar-refractivity contribution in [3.05, 3.63) is 23.8 Å². The quantitative estimate of drug-likeness (QED) is 0.547. The van der Waals surface area contributed by atoms with Crippen molar-refractivity contribution in [2.45, 2.75) is 6.10 Å². The molecule has 1 aliphatic heterocycles. The Hall–Kier alpha value is -2.24. The maximum atomic E-state index is 11.1. The van der Waals surface area contributed by atoms with Gasteiger partial charge in [0.05, 0.1) is 18.7 Å². The number of nitrogens with zero attached hydrogens (tertiary/aromatic N) is 1. The van der Waals surface area contributed by atoms with E-state index in [0.717, 1.165) is 6.41 Å². The maximum absolute atomic E-state index is 11.1. The summed E-state index contributed by atoms with van der Waals surface area (Å²) in [5, 5.41) is 0. The van der Waals surface area contributed by atoms with Gasteiger partial charge in [0, 0.05) is 5.69 Å². The number of likely N-dealkylation sites (tertiary alicyclic amines) is 1. The lowest BCUT2D eigenvalue weighted by Gasteiger charge is -2.36. The van der Waals surface area contributed by atoms with Gasteiger partial charge in [-0.1, -0.05) is 0 Å². The van der Waals surface area contributed by atoms with E-state index in [-0.39, 0.29) is 11.7 Å². The van der Waals surface area contributed by atoms with Crippen LogP contribution in [0.2, 0.25) is 0 Å². The topological polar surface area (TPSA) is 98.7 Å². The summed E-state index contributed by atoms with van der Waals surface area (Å²) in [7, 11) is 0. The van der Waals surface area contributed by atoms with E-state index in [0.29, 0.717) is 24.5 Å². The predicted molar refractivity (Wildman–Crippen MR) is 61.4 cm³/mol. The molecule has 0 aliphatic carbocycles. The summed E-state index contributed by atoms with van der Waals surface area (Å²) in [4.78, 5) is 23.0. The first-order chi connectivity index (χ1) is 8.10. The summed E-state index contributed by atoms with van der Waals surface area (Å²) in [6.45, 7) is 1.11. The number of carbonyl (C=O) groups excluding carboxylic acids is 2. The lowest BCUT2D eigenvalue weighted by atomic mass is 10.1. The van der Waals surface area contributed by atoms with Gasteiger partial charge in [-0.15, -0.1) is 0 Å². The van der Waals surface area contributed by atoms with Gasteiger partial charge in [0.1, 0.15) is 11.9 Å². The highest BCUT2D eigenvalue weighted by atomic mass is 16.5. The fraction of sp³-hybridized carbons (Fsp3) is 0.273. The van der Waals surface area contributed by atoms with Crippen LogP contribution in [-0.2, 0) is 4.79 Å². The Balaban J connectivity index is 2.05. The second kappa shape index (κ2) is 4.32. The summed E-state index contributed by atoms with van der Waals surface area (Å²) in [5.74, 6) is -0.0559. The molecule has 6 heteroatoms. The van der Waals surface area contributed by atoms with E-state index in [4.69, 9.17) is 16.2 Å². The summed E-state index contributed by atoms with van der Waals surface area (Å²) < 4.78 is 5.56. The Bertz CT molecular complexity index is 455. The number of benzene rings is 1. The molecule has 1 aromatic carbocycles. The average Bonchev–Trinajstić information content (AvgIpc) is 2.24. The monoisotopic (exact) mass is 235 g/mol. The molecule has 2 rings (SSSR count). The molecule has 1 aromatic rings. The number of ether oxygens (including phenoxy) is 1. The molecule has 0 unspecified atom stereocenters. The van der Waals surface area contributed by atoms with Gasteiger partial charge in [-0.3, -0.25) is 9.59 Å². The van der Waals surface area contributed by atoms with Crippen molar-refractivity contribution in [1.29, 1.82) is 0 Å². The second-order valence-electron chi connectivity index (χ2n) is 3.91. The molecule has 0 spiro atoms. The number of nitrogens with two attached hydrogens (primary N) is 2. The van der Waals surface area contributed by atoms with Crippen LogP contribution in [0.5, 0.6) is 5.75 Å². The van der Waals surface area contributed by atoms with Crippen molar-refractivity contribution in [2.75, 3.05) is 18.8 Å². The van der Waals surface area contributed by atoms with E-state index in [1.165, 1.54) is 6.07 Å². The Labute approximate surface area is 98.1 Å². The van der Waals surface area contributed by atoms with Crippen LogP contribution in [0.4, 0.5) is 5.69 Å². The van der Waals surface area contributed by atoms with Gasteiger partial charge >= 0.3 is 0 Å². The highest BCUT2D eigenvalue weighted by Crippen LogP contribution is 2.22. The molecule has 0 saturated carbocycles. The van der Waals surface area contributed by atoms with E-state index >= 15 is 0 Å². The van der Waals surface area contributed by atoms with Crippen LogP contribution < -0.4 is 16.2 Å². The molecule has 2 amide bonds. The first kappa shape index (κ1) is 11.3. The second-order valence-corrected chi connectivity index (χ2v) is 3.91. The zero-order valence-electron chi connectivity index (χ0n) is 9.13. The third kappa shape index (κ3) is 2.30. The fourth-order valence-corrected chi connectivity index (χ4v) is 1.64. The van der Waals surface area contributed by atoms with Gasteiger partial charge < -0.3 is 21.1 Å². The number of rotatable bonds is 4. The summed E-state index contributed by atoms with van der Waals surface area (Å²) in [5.41, 5.74) is 11.3. The number of nitrogen functional groups attached to an aromatic ring is 1. The molecule has 0 aromatic heterocycles. The molecular formula is C11H13N3O3. The Kier molecular flexibility index (Phi) is 2.86. The first-order valence-corrected chi connectivity index (χ1v) is 5.15. The van der Waals surface area contributed by atoms with Crippen LogP contribution in [-0.4, -0.2) is 36.4 Å². The summed E-state index contributed by atoms with van der Waals surface area (Å²) >= 11 is 0.